The molecule has 2 N–H and O–H groups in total. The first-order valence-electron chi connectivity index (χ1n) is 6.83. The van der Waals surface area contributed by atoms with Gasteiger partial charge in [-0.1, -0.05) is 6.07 Å². The highest BCUT2D eigenvalue weighted by atomic mass is 32.2. The molecule has 112 valence electrons. The van der Waals surface area contributed by atoms with Gasteiger partial charge >= 0.3 is 0 Å². The summed E-state index contributed by atoms with van der Waals surface area (Å²) in [5.41, 5.74) is 6.52. The molecule has 0 radical (unpaired) electrons. The largest absolute Gasteiger partial charge is 0.326 e. The van der Waals surface area contributed by atoms with Crippen LogP contribution in [-0.2, 0) is 16.6 Å². The number of hydrogen-bond acceptors (Lipinski definition) is 5. The highest BCUT2D eigenvalue weighted by Gasteiger charge is 2.36. The van der Waals surface area contributed by atoms with Crippen LogP contribution in [0.15, 0.2) is 40.9 Å². The fourth-order valence-corrected chi connectivity index (χ4v) is 5.70. The predicted octanol–water partition coefficient (Wildman–Crippen LogP) is 2.13. The number of sulfonamides is 1. The molecule has 0 amide bonds. The van der Waals surface area contributed by atoms with E-state index in [-0.39, 0.29) is 6.04 Å². The van der Waals surface area contributed by atoms with Crippen LogP contribution in [0.1, 0.15) is 29.3 Å². The SMILES string of the molecule is NCc1ccc(S(=O)(=O)N2CCCC2c2cccnc2)s1. The van der Waals surface area contributed by atoms with E-state index < -0.39 is 10.0 Å². The summed E-state index contributed by atoms with van der Waals surface area (Å²) >= 11 is 1.25. The van der Waals surface area contributed by atoms with Crippen LogP contribution in [0.4, 0.5) is 0 Å². The molecule has 1 saturated heterocycles. The van der Waals surface area contributed by atoms with Crippen molar-refractivity contribution in [2.75, 3.05) is 6.54 Å². The van der Waals surface area contributed by atoms with Gasteiger partial charge in [0.05, 0.1) is 6.04 Å². The first-order chi connectivity index (χ1) is 10.1. The molecule has 5 nitrogen and oxygen atoms in total. The lowest BCUT2D eigenvalue weighted by molar-refractivity contribution is 0.397. The van der Waals surface area contributed by atoms with Crippen LogP contribution in [0.2, 0.25) is 0 Å². The summed E-state index contributed by atoms with van der Waals surface area (Å²) < 4.78 is 27.6. The van der Waals surface area contributed by atoms with E-state index in [0.717, 1.165) is 23.3 Å². The maximum atomic E-state index is 12.8. The van der Waals surface area contributed by atoms with Crippen LogP contribution < -0.4 is 5.73 Å². The van der Waals surface area contributed by atoms with Crippen molar-refractivity contribution in [3.63, 3.8) is 0 Å². The summed E-state index contributed by atoms with van der Waals surface area (Å²) in [7, 11) is -3.46. The van der Waals surface area contributed by atoms with E-state index in [1.54, 1.807) is 28.8 Å². The number of rotatable bonds is 4. The number of thiophene rings is 1. The Morgan fingerprint density at radius 1 is 1.38 bits per heavy atom. The van der Waals surface area contributed by atoms with Crippen molar-refractivity contribution in [1.82, 2.24) is 9.29 Å². The van der Waals surface area contributed by atoms with Gasteiger partial charge in [-0.2, -0.15) is 4.31 Å². The maximum absolute atomic E-state index is 12.8. The molecule has 1 aliphatic rings. The molecule has 0 bridgehead atoms. The van der Waals surface area contributed by atoms with Gasteiger partial charge in [0.1, 0.15) is 4.21 Å². The molecule has 2 aromatic heterocycles. The van der Waals surface area contributed by atoms with E-state index in [0.29, 0.717) is 17.3 Å². The number of hydrogen-bond donors (Lipinski definition) is 1. The van der Waals surface area contributed by atoms with Crippen molar-refractivity contribution in [2.24, 2.45) is 5.73 Å². The average Bonchev–Trinajstić information content (AvgIpc) is 3.17. The van der Waals surface area contributed by atoms with Crippen LogP contribution >= 0.6 is 11.3 Å². The second-order valence-electron chi connectivity index (χ2n) is 4.99. The number of aromatic nitrogens is 1. The Morgan fingerprint density at radius 3 is 2.90 bits per heavy atom. The molecule has 3 rings (SSSR count). The molecule has 0 aromatic carbocycles. The molecule has 21 heavy (non-hydrogen) atoms. The molecule has 0 aliphatic carbocycles. The second kappa shape index (κ2) is 5.84. The fourth-order valence-electron chi connectivity index (χ4n) is 2.66. The zero-order valence-electron chi connectivity index (χ0n) is 11.5. The van der Waals surface area contributed by atoms with Gasteiger partial charge in [-0.05, 0) is 36.6 Å². The third kappa shape index (κ3) is 2.74. The first kappa shape index (κ1) is 14.6. The van der Waals surface area contributed by atoms with Crippen molar-refractivity contribution in [3.05, 3.63) is 47.1 Å². The van der Waals surface area contributed by atoms with Crippen molar-refractivity contribution in [3.8, 4) is 0 Å². The number of pyridine rings is 1. The van der Waals surface area contributed by atoms with Gasteiger partial charge in [-0.25, -0.2) is 8.42 Å². The summed E-state index contributed by atoms with van der Waals surface area (Å²) in [6.07, 6.45) is 5.15. The van der Waals surface area contributed by atoms with Gasteiger partial charge in [-0.15, -0.1) is 11.3 Å². The van der Waals surface area contributed by atoms with Crippen LogP contribution in [0, 0.1) is 0 Å². The Bertz CT molecular complexity index is 713. The lowest BCUT2D eigenvalue weighted by atomic mass is 10.1. The highest BCUT2D eigenvalue weighted by Crippen LogP contribution is 2.37. The highest BCUT2D eigenvalue weighted by molar-refractivity contribution is 7.91. The van der Waals surface area contributed by atoms with Gasteiger partial charge in [0.25, 0.3) is 10.0 Å². The van der Waals surface area contributed by atoms with Gasteiger partial charge in [-0.3, -0.25) is 4.98 Å². The van der Waals surface area contributed by atoms with Crippen LogP contribution in [0.25, 0.3) is 0 Å². The lowest BCUT2D eigenvalue weighted by Crippen LogP contribution is -2.30. The lowest BCUT2D eigenvalue weighted by Gasteiger charge is -2.23. The molecule has 1 aliphatic heterocycles. The minimum Gasteiger partial charge on any atom is -0.326 e. The van der Waals surface area contributed by atoms with E-state index in [1.807, 2.05) is 12.1 Å². The van der Waals surface area contributed by atoms with Gasteiger partial charge < -0.3 is 5.73 Å². The van der Waals surface area contributed by atoms with E-state index in [1.165, 1.54) is 11.3 Å². The zero-order valence-corrected chi connectivity index (χ0v) is 13.1. The Labute approximate surface area is 128 Å². The van der Waals surface area contributed by atoms with Crippen molar-refractivity contribution < 1.29 is 8.42 Å². The molecule has 1 unspecified atom stereocenters. The summed E-state index contributed by atoms with van der Waals surface area (Å²) in [5.74, 6) is 0. The maximum Gasteiger partial charge on any atom is 0.253 e. The molecule has 3 heterocycles. The van der Waals surface area contributed by atoms with Crippen molar-refractivity contribution >= 4 is 21.4 Å². The van der Waals surface area contributed by atoms with E-state index in [9.17, 15) is 8.42 Å². The normalized spacial score (nSPS) is 20.0. The topological polar surface area (TPSA) is 76.3 Å². The van der Waals surface area contributed by atoms with Crippen molar-refractivity contribution in [1.29, 1.82) is 0 Å². The van der Waals surface area contributed by atoms with Gasteiger partial charge in [0, 0.05) is 30.4 Å². The summed E-state index contributed by atoms with van der Waals surface area (Å²) in [4.78, 5) is 4.98. The second-order valence-corrected chi connectivity index (χ2v) is 8.27. The predicted molar refractivity (Wildman–Crippen MR) is 82.3 cm³/mol. The first-order valence-corrected chi connectivity index (χ1v) is 9.09. The average molecular weight is 323 g/mol. The molecule has 1 atom stereocenters. The fraction of sp³-hybridized carbons (Fsp3) is 0.357. The van der Waals surface area contributed by atoms with Gasteiger partial charge in [0.2, 0.25) is 0 Å². The van der Waals surface area contributed by atoms with E-state index in [4.69, 9.17) is 5.73 Å². The molecule has 0 spiro atoms. The van der Waals surface area contributed by atoms with E-state index in [2.05, 4.69) is 4.98 Å². The molecular formula is C14H17N3O2S2. The Kier molecular flexibility index (Phi) is 4.08. The third-order valence-electron chi connectivity index (χ3n) is 3.67. The molecular weight excluding hydrogens is 306 g/mol. The minimum atomic E-state index is -3.46. The molecule has 1 fully saturated rings. The third-order valence-corrected chi connectivity index (χ3v) is 7.16. The van der Waals surface area contributed by atoms with E-state index >= 15 is 0 Å². The Balaban J connectivity index is 1.94. The smallest absolute Gasteiger partial charge is 0.253 e. The monoisotopic (exact) mass is 323 g/mol. The summed E-state index contributed by atoms with van der Waals surface area (Å²) in [6, 6.07) is 7.10. The quantitative estimate of drug-likeness (QED) is 0.935. The van der Waals surface area contributed by atoms with Crippen LogP contribution in [-0.4, -0.2) is 24.3 Å². The standard InChI is InChI=1S/C14H17N3O2S2/c15-9-12-5-6-14(20-12)21(18,19)17-8-2-4-13(17)11-3-1-7-16-10-11/h1,3,5-7,10,13H,2,4,8-9,15H2. The molecule has 2 aromatic rings. The molecule has 7 heteroatoms. The van der Waals surface area contributed by atoms with Crippen LogP contribution in [0.3, 0.4) is 0 Å². The molecule has 0 saturated carbocycles. The van der Waals surface area contributed by atoms with Crippen molar-refractivity contribution in [2.45, 2.75) is 29.6 Å². The summed E-state index contributed by atoms with van der Waals surface area (Å²) in [6.45, 7) is 0.921. The Hall–Kier alpha value is -1.28. The zero-order chi connectivity index (χ0) is 14.9. The number of nitrogens with zero attached hydrogens (tertiary/aromatic N) is 2. The Morgan fingerprint density at radius 2 is 2.24 bits per heavy atom. The number of nitrogens with two attached hydrogens (primary N) is 1. The van der Waals surface area contributed by atoms with Gasteiger partial charge in [0.15, 0.2) is 0 Å². The summed E-state index contributed by atoms with van der Waals surface area (Å²) in [5, 5.41) is 0. The minimum absolute atomic E-state index is 0.118. The van der Waals surface area contributed by atoms with Crippen LogP contribution in [0.5, 0.6) is 0 Å².